The summed E-state index contributed by atoms with van der Waals surface area (Å²) in [6, 6.07) is 15.1. The van der Waals surface area contributed by atoms with Crippen molar-refractivity contribution in [1.29, 1.82) is 0 Å². The molecular weight excluding hydrogens is 404 g/mol. The number of hydrogen-bond donors (Lipinski definition) is 0. The Bertz CT molecular complexity index is 973. The van der Waals surface area contributed by atoms with Crippen LogP contribution < -0.4 is 4.74 Å². The molecule has 0 N–H and O–H groups in total. The van der Waals surface area contributed by atoms with Gasteiger partial charge in [-0.1, -0.05) is 42.8 Å². The Labute approximate surface area is 181 Å². The van der Waals surface area contributed by atoms with E-state index in [1.165, 1.54) is 11.3 Å². The number of benzene rings is 2. The van der Waals surface area contributed by atoms with Crippen LogP contribution in [0.5, 0.6) is 5.75 Å². The van der Waals surface area contributed by atoms with Crippen LogP contribution in [-0.4, -0.2) is 21.8 Å². The first kappa shape index (κ1) is 21.3. The van der Waals surface area contributed by atoms with Gasteiger partial charge in [-0.25, -0.2) is 4.98 Å². The van der Waals surface area contributed by atoms with Gasteiger partial charge >= 0.3 is 0 Å². The molecule has 0 aliphatic carbocycles. The van der Waals surface area contributed by atoms with E-state index in [1.54, 1.807) is 6.07 Å². The predicted octanol–water partition coefficient (Wildman–Crippen LogP) is 6.12. The lowest BCUT2D eigenvalue weighted by atomic mass is 10.1. The molecule has 0 saturated carbocycles. The van der Waals surface area contributed by atoms with Gasteiger partial charge in [0, 0.05) is 22.0 Å². The first-order valence-electron chi connectivity index (χ1n) is 9.66. The SMILES string of the molecule is CC[C@@H](C)N(Cc1csc(COc2cccc(Cl)c2)n1)C(=O)c1ccccc1C. The van der Waals surface area contributed by atoms with Crippen molar-refractivity contribution in [3.63, 3.8) is 0 Å². The van der Waals surface area contributed by atoms with Gasteiger partial charge in [-0.05, 0) is 50.1 Å². The van der Waals surface area contributed by atoms with E-state index < -0.39 is 0 Å². The van der Waals surface area contributed by atoms with Gasteiger partial charge < -0.3 is 9.64 Å². The first-order valence-corrected chi connectivity index (χ1v) is 10.9. The van der Waals surface area contributed by atoms with Crippen molar-refractivity contribution in [1.82, 2.24) is 9.88 Å². The zero-order valence-corrected chi connectivity index (χ0v) is 18.5. The number of rotatable bonds is 8. The predicted molar refractivity (Wildman–Crippen MR) is 119 cm³/mol. The van der Waals surface area contributed by atoms with Gasteiger partial charge in [0.05, 0.1) is 12.2 Å². The number of aromatic nitrogens is 1. The number of ether oxygens (including phenoxy) is 1. The van der Waals surface area contributed by atoms with Crippen LogP contribution in [0.4, 0.5) is 0 Å². The molecule has 0 aliphatic rings. The number of amides is 1. The zero-order valence-electron chi connectivity index (χ0n) is 16.9. The minimum atomic E-state index is 0.0437. The van der Waals surface area contributed by atoms with Crippen LogP contribution >= 0.6 is 22.9 Å². The third-order valence-electron chi connectivity index (χ3n) is 4.85. The Balaban J connectivity index is 1.70. The van der Waals surface area contributed by atoms with Crippen molar-refractivity contribution in [2.45, 2.75) is 46.4 Å². The largest absolute Gasteiger partial charge is 0.486 e. The lowest BCUT2D eigenvalue weighted by molar-refractivity contribution is 0.0668. The van der Waals surface area contributed by atoms with E-state index in [2.05, 4.69) is 18.8 Å². The monoisotopic (exact) mass is 428 g/mol. The third kappa shape index (κ3) is 5.58. The molecule has 0 bridgehead atoms. The summed E-state index contributed by atoms with van der Waals surface area (Å²) in [6.07, 6.45) is 0.881. The second-order valence-electron chi connectivity index (χ2n) is 6.98. The van der Waals surface area contributed by atoms with Gasteiger partial charge in [-0.3, -0.25) is 4.79 Å². The van der Waals surface area contributed by atoms with Crippen molar-refractivity contribution < 1.29 is 9.53 Å². The van der Waals surface area contributed by atoms with Crippen molar-refractivity contribution in [2.75, 3.05) is 0 Å². The van der Waals surface area contributed by atoms with Crippen molar-refractivity contribution in [3.05, 3.63) is 80.8 Å². The molecule has 152 valence electrons. The van der Waals surface area contributed by atoms with Gasteiger partial charge in [-0.15, -0.1) is 11.3 Å². The minimum absolute atomic E-state index is 0.0437. The highest BCUT2D eigenvalue weighted by atomic mass is 35.5. The smallest absolute Gasteiger partial charge is 0.254 e. The molecule has 3 rings (SSSR count). The Morgan fingerprint density at radius 3 is 2.76 bits per heavy atom. The van der Waals surface area contributed by atoms with Gasteiger partial charge in [0.25, 0.3) is 5.91 Å². The molecule has 0 fully saturated rings. The first-order chi connectivity index (χ1) is 14.0. The maximum atomic E-state index is 13.2. The fraction of sp³-hybridized carbons (Fsp3) is 0.304. The molecule has 0 radical (unpaired) electrons. The molecule has 0 saturated heterocycles. The molecule has 29 heavy (non-hydrogen) atoms. The van der Waals surface area contributed by atoms with Crippen molar-refractivity contribution in [3.8, 4) is 5.75 Å². The van der Waals surface area contributed by atoms with Crippen LogP contribution in [0.2, 0.25) is 5.02 Å². The molecule has 4 nitrogen and oxygen atoms in total. The topological polar surface area (TPSA) is 42.4 Å². The Hall–Kier alpha value is -2.37. The minimum Gasteiger partial charge on any atom is -0.486 e. The molecule has 2 aromatic carbocycles. The van der Waals surface area contributed by atoms with E-state index in [4.69, 9.17) is 16.3 Å². The maximum absolute atomic E-state index is 13.2. The molecule has 1 heterocycles. The van der Waals surface area contributed by atoms with Crippen LogP contribution in [0.15, 0.2) is 53.9 Å². The summed E-state index contributed by atoms with van der Waals surface area (Å²) in [7, 11) is 0. The second kappa shape index (κ2) is 9.90. The number of nitrogens with zero attached hydrogens (tertiary/aromatic N) is 2. The van der Waals surface area contributed by atoms with Crippen molar-refractivity contribution >= 4 is 28.8 Å². The van der Waals surface area contributed by atoms with E-state index in [0.717, 1.165) is 28.2 Å². The van der Waals surface area contributed by atoms with Gasteiger partial charge in [0.15, 0.2) is 0 Å². The van der Waals surface area contributed by atoms with E-state index >= 15 is 0 Å². The van der Waals surface area contributed by atoms with Crippen LogP contribution in [0.25, 0.3) is 0 Å². The summed E-state index contributed by atoms with van der Waals surface area (Å²) in [6.45, 7) is 6.99. The zero-order chi connectivity index (χ0) is 20.8. The summed E-state index contributed by atoms with van der Waals surface area (Å²) in [5, 5.41) is 3.51. The quantitative estimate of drug-likeness (QED) is 0.433. The van der Waals surface area contributed by atoms with Crippen LogP contribution in [0, 0.1) is 6.92 Å². The summed E-state index contributed by atoms with van der Waals surface area (Å²) in [4.78, 5) is 19.8. The summed E-state index contributed by atoms with van der Waals surface area (Å²) >= 11 is 7.53. The number of hydrogen-bond acceptors (Lipinski definition) is 4. The summed E-state index contributed by atoms with van der Waals surface area (Å²) in [5.41, 5.74) is 2.61. The van der Waals surface area contributed by atoms with Crippen molar-refractivity contribution in [2.24, 2.45) is 0 Å². The molecule has 0 spiro atoms. The number of carbonyl (C=O) groups is 1. The summed E-state index contributed by atoms with van der Waals surface area (Å²) < 4.78 is 5.78. The number of thiazole rings is 1. The number of halogens is 1. The van der Waals surface area contributed by atoms with Crippen LogP contribution in [0.1, 0.15) is 46.9 Å². The highest BCUT2D eigenvalue weighted by Gasteiger charge is 2.23. The van der Waals surface area contributed by atoms with Crippen LogP contribution in [-0.2, 0) is 13.2 Å². The van der Waals surface area contributed by atoms with E-state index in [1.807, 2.05) is 59.7 Å². The lowest BCUT2D eigenvalue weighted by Crippen LogP contribution is -2.38. The second-order valence-corrected chi connectivity index (χ2v) is 8.36. The average molecular weight is 429 g/mol. The fourth-order valence-corrected chi connectivity index (χ4v) is 3.86. The molecule has 0 unspecified atom stereocenters. The molecule has 6 heteroatoms. The third-order valence-corrected chi connectivity index (χ3v) is 5.96. The molecule has 1 atom stereocenters. The lowest BCUT2D eigenvalue weighted by Gasteiger charge is -2.28. The van der Waals surface area contributed by atoms with Gasteiger partial charge in [0.2, 0.25) is 0 Å². The van der Waals surface area contributed by atoms with E-state index in [-0.39, 0.29) is 11.9 Å². The standard InChI is InChI=1S/C23H25ClN2O2S/c1-4-17(3)26(23(27)21-11-6-5-8-16(21)2)13-19-15-29-22(25-19)14-28-20-10-7-9-18(24)12-20/h5-12,15,17H,4,13-14H2,1-3H3/t17-/m1/s1. The highest BCUT2D eigenvalue weighted by Crippen LogP contribution is 2.21. The molecule has 1 amide bonds. The number of carbonyl (C=O) groups excluding carboxylic acids is 1. The maximum Gasteiger partial charge on any atom is 0.254 e. The average Bonchev–Trinajstić information content (AvgIpc) is 3.17. The van der Waals surface area contributed by atoms with Crippen LogP contribution in [0.3, 0.4) is 0 Å². The summed E-state index contributed by atoms with van der Waals surface area (Å²) in [5.74, 6) is 0.757. The van der Waals surface area contributed by atoms with E-state index in [9.17, 15) is 4.79 Å². The molecule has 3 aromatic rings. The normalized spacial score (nSPS) is 11.9. The van der Waals surface area contributed by atoms with Gasteiger partial charge in [-0.2, -0.15) is 0 Å². The Morgan fingerprint density at radius 2 is 2.03 bits per heavy atom. The van der Waals surface area contributed by atoms with Gasteiger partial charge in [0.1, 0.15) is 17.4 Å². The highest BCUT2D eigenvalue weighted by molar-refractivity contribution is 7.09. The Morgan fingerprint density at radius 1 is 1.24 bits per heavy atom. The molecule has 0 aliphatic heterocycles. The Kier molecular flexibility index (Phi) is 7.29. The van der Waals surface area contributed by atoms with E-state index in [0.29, 0.717) is 23.9 Å². The fourth-order valence-electron chi connectivity index (χ4n) is 2.98. The molecule has 1 aromatic heterocycles. The molecular formula is C23H25ClN2O2S. The number of aryl methyl sites for hydroxylation is 1.